The highest BCUT2D eigenvalue weighted by Crippen LogP contribution is 2.37. The van der Waals surface area contributed by atoms with Crippen molar-refractivity contribution in [3.63, 3.8) is 0 Å². The Bertz CT molecular complexity index is 608. The summed E-state index contributed by atoms with van der Waals surface area (Å²) in [6, 6.07) is 0. The molecule has 0 bridgehead atoms. The van der Waals surface area contributed by atoms with Crippen LogP contribution in [0.1, 0.15) is 41.0 Å². The number of hydrogen-bond donors (Lipinski definition) is 1. The van der Waals surface area contributed by atoms with Gasteiger partial charge in [-0.25, -0.2) is 0 Å². The first kappa shape index (κ1) is 18.0. The molecular weight excluding hydrogens is 270 g/mol. The molecule has 0 fully saturated rings. The Labute approximate surface area is 134 Å². The molecule has 22 heavy (non-hydrogen) atoms. The van der Waals surface area contributed by atoms with Crippen molar-refractivity contribution in [2.24, 2.45) is 11.1 Å². The summed E-state index contributed by atoms with van der Waals surface area (Å²) >= 11 is 0. The van der Waals surface area contributed by atoms with E-state index in [1.165, 1.54) is 17.2 Å². The van der Waals surface area contributed by atoms with Crippen LogP contribution in [0.4, 0.5) is 0 Å². The fraction of sp³-hybridized carbons (Fsp3) is 0.350. The second-order valence-electron chi connectivity index (χ2n) is 6.48. The maximum Gasteiger partial charge on any atom is 0.241 e. The minimum absolute atomic E-state index is 0.187. The molecule has 2 nitrogen and oxygen atoms in total. The lowest BCUT2D eigenvalue weighted by molar-refractivity contribution is -0.113. The Morgan fingerprint density at radius 2 is 1.91 bits per heavy atom. The number of hydrogen-bond acceptors (Lipinski definition) is 1. The van der Waals surface area contributed by atoms with Crippen molar-refractivity contribution in [1.29, 1.82) is 0 Å². The van der Waals surface area contributed by atoms with Crippen molar-refractivity contribution in [2.75, 3.05) is 0 Å². The van der Waals surface area contributed by atoms with Crippen LogP contribution in [0.3, 0.4) is 0 Å². The maximum absolute atomic E-state index is 10.8. The summed E-state index contributed by atoms with van der Waals surface area (Å²) in [4.78, 5) is 10.8. The van der Waals surface area contributed by atoms with Crippen LogP contribution in [0.15, 0.2) is 70.9 Å². The highest BCUT2D eigenvalue weighted by molar-refractivity contribution is 5.86. The first-order valence-electron chi connectivity index (χ1n) is 7.61. The fourth-order valence-electron chi connectivity index (χ4n) is 2.52. The van der Waals surface area contributed by atoms with Gasteiger partial charge in [-0.2, -0.15) is 0 Å². The van der Waals surface area contributed by atoms with Gasteiger partial charge in [0.2, 0.25) is 5.91 Å². The molecule has 118 valence electrons. The highest BCUT2D eigenvalue weighted by atomic mass is 16.1. The van der Waals surface area contributed by atoms with Crippen molar-refractivity contribution in [3.05, 3.63) is 70.9 Å². The Hall–Kier alpha value is -2.09. The van der Waals surface area contributed by atoms with E-state index in [1.807, 2.05) is 25.2 Å². The van der Waals surface area contributed by atoms with Crippen LogP contribution in [0.2, 0.25) is 0 Å². The van der Waals surface area contributed by atoms with E-state index in [0.717, 1.165) is 17.6 Å². The third kappa shape index (κ3) is 5.72. The van der Waals surface area contributed by atoms with E-state index in [0.29, 0.717) is 0 Å². The molecule has 2 N–H and O–H groups in total. The van der Waals surface area contributed by atoms with Crippen molar-refractivity contribution >= 4 is 5.91 Å². The monoisotopic (exact) mass is 297 g/mol. The number of carbonyl (C=O) groups excluding carboxylic acids is 1. The van der Waals surface area contributed by atoms with Gasteiger partial charge in [0.1, 0.15) is 0 Å². The summed E-state index contributed by atoms with van der Waals surface area (Å²) in [5.41, 5.74) is 10.0. The molecule has 0 aromatic carbocycles. The average molecular weight is 297 g/mol. The number of nitrogens with two attached hydrogens (primary N) is 1. The summed E-state index contributed by atoms with van der Waals surface area (Å²) in [5, 5.41) is 0. The van der Waals surface area contributed by atoms with Gasteiger partial charge in [-0.1, -0.05) is 62.0 Å². The molecule has 0 heterocycles. The zero-order valence-corrected chi connectivity index (χ0v) is 14.3. The predicted molar refractivity (Wildman–Crippen MR) is 95.2 cm³/mol. The van der Waals surface area contributed by atoms with Gasteiger partial charge in [0.15, 0.2) is 0 Å². The van der Waals surface area contributed by atoms with Crippen molar-refractivity contribution < 1.29 is 4.79 Å². The van der Waals surface area contributed by atoms with Gasteiger partial charge < -0.3 is 5.73 Å². The van der Waals surface area contributed by atoms with E-state index < -0.39 is 5.91 Å². The molecule has 0 aromatic rings. The molecule has 0 radical (unpaired) electrons. The molecule has 1 rings (SSSR count). The number of allylic oxidation sites excluding steroid dienone is 11. The van der Waals surface area contributed by atoms with Gasteiger partial charge in [-0.15, -0.1) is 0 Å². The second kappa shape index (κ2) is 7.79. The second-order valence-corrected chi connectivity index (χ2v) is 6.48. The number of carbonyl (C=O) groups is 1. The molecule has 1 aliphatic carbocycles. The smallest absolute Gasteiger partial charge is 0.241 e. The van der Waals surface area contributed by atoms with E-state index in [9.17, 15) is 4.79 Å². The zero-order chi connectivity index (χ0) is 16.8. The van der Waals surface area contributed by atoms with Crippen LogP contribution in [-0.4, -0.2) is 5.91 Å². The fourth-order valence-corrected chi connectivity index (χ4v) is 2.52. The summed E-state index contributed by atoms with van der Waals surface area (Å²) in [6.45, 7) is 10.6. The summed E-state index contributed by atoms with van der Waals surface area (Å²) in [5.74, 6) is -0.419. The van der Waals surface area contributed by atoms with Gasteiger partial charge in [-0.05, 0) is 49.3 Å². The van der Waals surface area contributed by atoms with Gasteiger partial charge in [0.25, 0.3) is 0 Å². The molecule has 0 aromatic heterocycles. The van der Waals surface area contributed by atoms with E-state index in [-0.39, 0.29) is 5.41 Å². The molecule has 0 saturated heterocycles. The Morgan fingerprint density at radius 1 is 1.23 bits per heavy atom. The third-order valence-corrected chi connectivity index (χ3v) is 3.75. The van der Waals surface area contributed by atoms with Crippen molar-refractivity contribution in [3.8, 4) is 0 Å². The van der Waals surface area contributed by atoms with Crippen LogP contribution < -0.4 is 5.73 Å². The normalized spacial score (nSPS) is 19.5. The Balaban J connectivity index is 2.82. The van der Waals surface area contributed by atoms with Gasteiger partial charge in [0.05, 0.1) is 0 Å². The highest BCUT2D eigenvalue weighted by Gasteiger charge is 2.23. The summed E-state index contributed by atoms with van der Waals surface area (Å²) < 4.78 is 0. The van der Waals surface area contributed by atoms with Crippen LogP contribution in [0.25, 0.3) is 0 Å². The molecular formula is C20H27NO. The Morgan fingerprint density at radius 3 is 2.50 bits per heavy atom. The molecule has 0 saturated carbocycles. The number of primary amides is 1. The largest absolute Gasteiger partial charge is 0.366 e. The van der Waals surface area contributed by atoms with Crippen molar-refractivity contribution in [2.45, 2.75) is 41.0 Å². The number of amides is 1. The molecule has 0 unspecified atom stereocenters. The topological polar surface area (TPSA) is 43.1 Å². The first-order chi connectivity index (χ1) is 10.2. The lowest BCUT2D eigenvalue weighted by Crippen LogP contribution is -2.16. The van der Waals surface area contributed by atoms with E-state index in [4.69, 9.17) is 5.73 Å². The minimum Gasteiger partial charge on any atom is -0.366 e. The van der Waals surface area contributed by atoms with Gasteiger partial charge >= 0.3 is 0 Å². The van der Waals surface area contributed by atoms with Crippen LogP contribution >= 0.6 is 0 Å². The molecule has 0 aliphatic heterocycles. The predicted octanol–water partition coefficient (Wildman–Crippen LogP) is 4.78. The maximum atomic E-state index is 10.8. The average Bonchev–Trinajstić information content (AvgIpc) is 2.36. The van der Waals surface area contributed by atoms with Crippen LogP contribution in [-0.2, 0) is 4.79 Å². The van der Waals surface area contributed by atoms with E-state index in [1.54, 1.807) is 0 Å². The lowest BCUT2D eigenvalue weighted by Gasteiger charge is -2.29. The van der Waals surface area contributed by atoms with Crippen LogP contribution in [0, 0.1) is 5.41 Å². The molecule has 2 heteroatoms. The molecule has 0 atom stereocenters. The Kier molecular flexibility index (Phi) is 6.36. The standard InChI is InChI=1S/C20H27NO/c1-15(8-6-9-16(2)14-19(21)22)11-12-18-17(3)10-7-13-20(18,4)5/h6-12,14H,13H2,1-5H3,(H2,21,22)/b9-6+,12-11+,15-8-,16-14-. The quantitative estimate of drug-likeness (QED) is 0.576. The van der Waals surface area contributed by atoms with E-state index >= 15 is 0 Å². The summed E-state index contributed by atoms with van der Waals surface area (Å²) in [6.07, 6.45) is 17.1. The van der Waals surface area contributed by atoms with Crippen molar-refractivity contribution in [1.82, 2.24) is 0 Å². The first-order valence-corrected chi connectivity index (χ1v) is 7.61. The van der Waals surface area contributed by atoms with Gasteiger partial charge in [-0.3, -0.25) is 4.79 Å². The van der Waals surface area contributed by atoms with Gasteiger partial charge in [0, 0.05) is 6.08 Å². The minimum atomic E-state index is -0.419. The molecule has 0 spiro atoms. The van der Waals surface area contributed by atoms with Crippen LogP contribution in [0.5, 0.6) is 0 Å². The van der Waals surface area contributed by atoms with E-state index in [2.05, 4.69) is 52.0 Å². The SMILES string of the molecule is CC1=C(/C=C/C(C)=C\C=C\C(C)=C/C(N)=O)C(C)(C)CC=C1. The summed E-state index contributed by atoms with van der Waals surface area (Å²) in [7, 11) is 0. The number of rotatable bonds is 5. The zero-order valence-electron chi connectivity index (χ0n) is 14.3. The molecule has 1 aliphatic rings. The lowest BCUT2D eigenvalue weighted by atomic mass is 9.75. The third-order valence-electron chi connectivity index (χ3n) is 3.75. The molecule has 1 amide bonds.